The molecule has 0 spiro atoms. The molecule has 0 N–H and O–H groups in total. The van der Waals surface area contributed by atoms with Gasteiger partial charge in [0, 0.05) is 160 Å². The van der Waals surface area contributed by atoms with Gasteiger partial charge in [-0.25, -0.2) is 0 Å². The Balaban J connectivity index is 0.0000000896. The number of aromatic nitrogens is 4. The van der Waals surface area contributed by atoms with Crippen molar-refractivity contribution in [2.45, 2.75) is 77.0 Å². The Hall–Kier alpha value is -17.2. The van der Waals surface area contributed by atoms with E-state index < -0.39 is 0 Å². The topological polar surface area (TPSA) is 72.3 Å². The number of hydrogen-bond acceptors (Lipinski definition) is 4. The van der Waals surface area contributed by atoms with Crippen molar-refractivity contribution in [3.63, 3.8) is 0 Å². The lowest BCUT2D eigenvalue weighted by atomic mass is 9.81. The van der Waals surface area contributed by atoms with Crippen LogP contribution in [0.3, 0.4) is 0 Å². The molecule has 0 aliphatic heterocycles. The van der Waals surface area contributed by atoms with Crippen molar-refractivity contribution in [2.75, 3.05) is 0 Å². The van der Waals surface area contributed by atoms with Gasteiger partial charge in [0.15, 0.2) is 0 Å². The van der Waals surface area contributed by atoms with E-state index in [4.69, 9.17) is 17.7 Å². The second-order valence-electron chi connectivity index (χ2n) is 40.9. The van der Waals surface area contributed by atoms with Crippen LogP contribution in [0.2, 0.25) is 0 Å². The largest absolute Gasteiger partial charge is 0.456 e. The third-order valence-corrected chi connectivity index (χ3v) is 31.8. The van der Waals surface area contributed by atoms with Crippen molar-refractivity contribution >= 4 is 174 Å². The fourth-order valence-corrected chi connectivity index (χ4v) is 25.3. The van der Waals surface area contributed by atoms with Crippen molar-refractivity contribution in [1.29, 1.82) is 0 Å². The average molecular weight is 1800 g/mol. The summed E-state index contributed by atoms with van der Waals surface area (Å²) >= 11 is 0. The summed E-state index contributed by atoms with van der Waals surface area (Å²) in [6.07, 6.45) is 0. The van der Waals surface area contributed by atoms with Gasteiger partial charge in [-0.05, 0) is 187 Å². The summed E-state index contributed by atoms with van der Waals surface area (Å²) in [6.45, 7) is 18.6. The van der Waals surface area contributed by atoms with Crippen LogP contribution in [0.4, 0.5) is 0 Å². The summed E-state index contributed by atoms with van der Waals surface area (Å²) in [4.78, 5) is 0. The Bertz CT molecular complexity index is 10200. The molecule has 0 radical (unpaired) electrons. The van der Waals surface area contributed by atoms with E-state index in [9.17, 15) is 0 Å². The highest BCUT2D eigenvalue weighted by Gasteiger charge is 2.46. The van der Waals surface area contributed by atoms with Crippen molar-refractivity contribution in [2.24, 2.45) is 0 Å². The summed E-state index contributed by atoms with van der Waals surface area (Å²) in [5.74, 6) is 4.08. The summed E-state index contributed by atoms with van der Waals surface area (Å²) in [5.41, 5.74) is 33.2. The van der Waals surface area contributed by atoms with Gasteiger partial charge in [0.25, 0.3) is 0 Å². The Labute approximate surface area is 806 Å². The predicted molar refractivity (Wildman–Crippen MR) is 582 cm³/mol. The monoisotopic (exact) mass is 1800 g/mol. The van der Waals surface area contributed by atoms with Gasteiger partial charge in [-0.2, -0.15) is 0 Å². The lowest BCUT2D eigenvalue weighted by Crippen LogP contribution is -2.15. The summed E-state index contributed by atoms with van der Waals surface area (Å²) in [5, 5.41) is 25.0. The van der Waals surface area contributed by atoms with Gasteiger partial charge in [0.2, 0.25) is 0 Å². The Morgan fingerprint density at radius 2 is 0.486 bits per heavy atom. The number of para-hydroxylation sites is 7. The zero-order valence-corrected chi connectivity index (χ0v) is 78.7. The number of fused-ring (bicyclic) bond motifs is 37. The SMILES string of the molecule is CC1(C)c2cc3c(cc2-c2oc4ccccc4c21)c1ccccc1n3-c1ccc2ccccc2c1.CC1(C)c2cc3c4ccccc4n(-c4ccc5ccccc5c4)c3cc2-c2oc3ccccc3c21.CC1(C)c2ccc3c4ccccc4n(-c4ccc5ccccc5c4)c3c2-c2oc3ccccc3c21.CC1(C)c2ccccc2-c2oc3cc4c(cc3c21)c1ccccc1n4-c1ccc2ccccc2c1. The van der Waals surface area contributed by atoms with E-state index in [2.05, 4.69) is 486 Å². The molecule has 8 aromatic heterocycles. The molecule has 0 saturated heterocycles. The molecule has 0 amide bonds. The first-order valence-corrected chi connectivity index (χ1v) is 48.8. The first-order chi connectivity index (χ1) is 68.5. The molecular formula is C132H92N4O4. The van der Waals surface area contributed by atoms with E-state index in [1.807, 2.05) is 0 Å². The molecule has 0 saturated carbocycles. The van der Waals surface area contributed by atoms with Gasteiger partial charge in [-0.3, -0.25) is 0 Å². The minimum absolute atomic E-state index is 0.0957. The Kier molecular flexibility index (Phi) is 16.7. The van der Waals surface area contributed by atoms with E-state index in [0.717, 1.165) is 45.4 Å². The molecule has 0 fully saturated rings. The number of benzene rings is 20. The lowest BCUT2D eigenvalue weighted by Gasteiger charge is -2.21. The summed E-state index contributed by atoms with van der Waals surface area (Å²) in [6, 6.07) is 149. The van der Waals surface area contributed by atoms with Crippen LogP contribution in [0.1, 0.15) is 99.9 Å². The van der Waals surface area contributed by atoms with Crippen LogP contribution in [-0.2, 0) is 21.7 Å². The van der Waals surface area contributed by atoms with Crippen LogP contribution in [0, 0.1) is 0 Å². The molecule has 20 aromatic carbocycles. The van der Waals surface area contributed by atoms with Crippen LogP contribution in [-0.4, -0.2) is 18.3 Å². The molecule has 4 aliphatic carbocycles. The third kappa shape index (κ3) is 11.3. The molecule has 664 valence electrons. The first kappa shape index (κ1) is 80.1. The highest BCUT2D eigenvalue weighted by molar-refractivity contribution is 6.20. The minimum atomic E-state index is -0.143. The minimum Gasteiger partial charge on any atom is -0.456 e. The number of furan rings is 4. The highest BCUT2D eigenvalue weighted by atomic mass is 16.3. The van der Waals surface area contributed by atoms with Gasteiger partial charge in [0.1, 0.15) is 45.4 Å². The van der Waals surface area contributed by atoms with E-state index in [-0.39, 0.29) is 21.7 Å². The van der Waals surface area contributed by atoms with Crippen molar-refractivity contribution in [3.8, 4) is 68.0 Å². The maximum absolute atomic E-state index is 6.62. The predicted octanol–water partition coefficient (Wildman–Crippen LogP) is 36.0. The van der Waals surface area contributed by atoms with E-state index in [0.29, 0.717) is 0 Å². The van der Waals surface area contributed by atoms with Crippen LogP contribution in [0.25, 0.3) is 242 Å². The van der Waals surface area contributed by atoms with Gasteiger partial charge in [0.05, 0.1) is 44.1 Å². The van der Waals surface area contributed by atoms with Crippen molar-refractivity contribution < 1.29 is 17.7 Å². The normalized spacial score (nSPS) is 14.2. The maximum atomic E-state index is 6.62. The Morgan fingerprint density at radius 1 is 0.171 bits per heavy atom. The van der Waals surface area contributed by atoms with Crippen LogP contribution >= 0.6 is 0 Å². The second kappa shape index (κ2) is 29.2. The van der Waals surface area contributed by atoms with Crippen molar-refractivity contribution in [1.82, 2.24) is 18.3 Å². The molecule has 0 atom stereocenters. The molecule has 0 bridgehead atoms. The van der Waals surface area contributed by atoms with E-state index >= 15 is 0 Å². The van der Waals surface area contributed by atoms with Crippen LogP contribution < -0.4 is 0 Å². The van der Waals surface area contributed by atoms with Gasteiger partial charge in [-0.1, -0.05) is 341 Å². The Morgan fingerprint density at radius 3 is 0.964 bits per heavy atom. The molecule has 140 heavy (non-hydrogen) atoms. The zero-order chi connectivity index (χ0) is 93.2. The highest BCUT2D eigenvalue weighted by Crippen LogP contribution is 2.61. The molecule has 32 rings (SSSR count). The van der Waals surface area contributed by atoms with E-state index in [1.165, 1.54) is 241 Å². The average Bonchev–Trinajstić information content (AvgIpc) is 1.52. The van der Waals surface area contributed by atoms with Gasteiger partial charge >= 0.3 is 0 Å². The molecule has 8 nitrogen and oxygen atoms in total. The van der Waals surface area contributed by atoms with Gasteiger partial charge < -0.3 is 35.9 Å². The molecule has 28 aromatic rings. The standard InChI is InChI=1S/4C33H23NO/c1-33(2)27-13-7-5-12-24(27)32-31(33)26-18-25-23-11-6-8-14-28(23)34(29(25)19-30(26)35-32)22-16-15-20-9-3-4-10-21(20)17-22;1-33(2)27-18-25-23-11-5-7-13-28(23)34(22-16-15-20-9-3-4-10-21(20)17-22)29(25)19-26(27)32-31(33)24-12-6-8-14-30(24)35-32;1-33(2)27-19-29-25(18-26(27)32-31(33)24-12-6-8-14-30(24)35-32)23-11-5-7-13-28(23)34(29)22-16-15-20-9-3-4-10-21(20)17-22;1-33(2)26-18-17-24-23-11-5-7-13-27(23)34(22-16-15-20-9-3-4-10-21(20)19-22)31(24)29(26)32-30(33)25-12-6-8-14-28(25)35-32/h4*3-19H,1-2H3. The molecular weight excluding hydrogens is 1710 g/mol. The zero-order valence-electron chi connectivity index (χ0n) is 78.7. The first-order valence-electron chi connectivity index (χ1n) is 48.8. The third-order valence-electron chi connectivity index (χ3n) is 31.8. The molecule has 4 aliphatic rings. The fraction of sp³-hybridized carbons (Fsp3) is 0.0909. The molecule has 0 unspecified atom stereocenters. The number of nitrogens with zero attached hydrogens (tertiary/aromatic N) is 4. The number of rotatable bonds is 4. The quantitative estimate of drug-likeness (QED) is 0.176. The molecule has 8 heterocycles. The van der Waals surface area contributed by atoms with Crippen LogP contribution in [0.15, 0.2) is 430 Å². The fourth-order valence-electron chi connectivity index (χ4n) is 25.3. The second-order valence-corrected chi connectivity index (χ2v) is 40.9. The maximum Gasteiger partial charge on any atom is 0.141 e. The van der Waals surface area contributed by atoms with Gasteiger partial charge in [-0.15, -0.1) is 0 Å². The van der Waals surface area contributed by atoms with E-state index in [1.54, 1.807) is 0 Å². The summed E-state index contributed by atoms with van der Waals surface area (Å²) < 4.78 is 35.9. The smallest absolute Gasteiger partial charge is 0.141 e. The molecule has 8 heteroatoms. The number of hydrogen-bond donors (Lipinski definition) is 0. The van der Waals surface area contributed by atoms with Crippen LogP contribution in [0.5, 0.6) is 0 Å². The lowest BCUT2D eigenvalue weighted by molar-refractivity contribution is 0.619. The van der Waals surface area contributed by atoms with Crippen molar-refractivity contribution in [3.05, 3.63) is 457 Å². The summed E-state index contributed by atoms with van der Waals surface area (Å²) in [7, 11) is 0.